The van der Waals surface area contributed by atoms with E-state index in [0.29, 0.717) is 11.7 Å². The van der Waals surface area contributed by atoms with Crippen molar-refractivity contribution in [3.05, 3.63) is 34.6 Å². The second kappa shape index (κ2) is 3.30. The maximum Gasteiger partial charge on any atom is 0.223 e. The first-order chi connectivity index (χ1) is 6.25. The minimum atomic E-state index is 0.581. The summed E-state index contributed by atoms with van der Waals surface area (Å²) in [6.07, 6.45) is 0. The molecule has 0 saturated heterocycles. The van der Waals surface area contributed by atoms with E-state index in [4.69, 9.17) is 4.52 Å². The van der Waals surface area contributed by atoms with Gasteiger partial charge in [-0.15, -0.1) is 0 Å². The van der Waals surface area contributed by atoms with Gasteiger partial charge in [-0.3, -0.25) is 0 Å². The van der Waals surface area contributed by atoms with Crippen LogP contribution in [0.1, 0.15) is 5.89 Å². The van der Waals surface area contributed by atoms with Crippen LogP contribution in [0, 0.1) is 6.92 Å². The van der Waals surface area contributed by atoms with Crippen molar-refractivity contribution in [3.8, 4) is 11.4 Å². The van der Waals surface area contributed by atoms with Gasteiger partial charge in [0.15, 0.2) is 0 Å². The molecule has 0 radical (unpaired) electrons. The van der Waals surface area contributed by atoms with Crippen LogP contribution in [0.3, 0.4) is 0 Å². The molecule has 0 saturated carbocycles. The van der Waals surface area contributed by atoms with Crippen molar-refractivity contribution in [1.29, 1.82) is 0 Å². The molecule has 0 aliphatic heterocycles. The van der Waals surface area contributed by atoms with Gasteiger partial charge in [-0.1, -0.05) is 21.1 Å². The van der Waals surface area contributed by atoms with E-state index >= 15 is 0 Å². The second-order valence-electron chi connectivity index (χ2n) is 2.64. The quantitative estimate of drug-likeness (QED) is 0.767. The van der Waals surface area contributed by atoms with E-state index in [2.05, 4.69) is 26.1 Å². The first kappa shape index (κ1) is 8.44. The molecule has 1 aromatic heterocycles. The van der Waals surface area contributed by atoms with E-state index in [1.165, 1.54) is 0 Å². The molecule has 13 heavy (non-hydrogen) atoms. The van der Waals surface area contributed by atoms with Gasteiger partial charge in [0, 0.05) is 17.0 Å². The Morgan fingerprint density at radius 1 is 1.23 bits per heavy atom. The van der Waals surface area contributed by atoms with Gasteiger partial charge in [0.25, 0.3) is 0 Å². The van der Waals surface area contributed by atoms with Crippen LogP contribution in [-0.4, -0.2) is 10.1 Å². The summed E-state index contributed by atoms with van der Waals surface area (Å²) in [6.45, 7) is 1.77. The van der Waals surface area contributed by atoms with Crippen LogP contribution in [0.4, 0.5) is 0 Å². The van der Waals surface area contributed by atoms with Crippen LogP contribution < -0.4 is 0 Å². The lowest BCUT2D eigenvalue weighted by molar-refractivity contribution is 0.394. The van der Waals surface area contributed by atoms with Crippen molar-refractivity contribution in [1.82, 2.24) is 10.1 Å². The number of benzene rings is 1. The van der Waals surface area contributed by atoms with Crippen LogP contribution in [0.2, 0.25) is 0 Å². The van der Waals surface area contributed by atoms with Crippen LogP contribution in [0.25, 0.3) is 11.4 Å². The van der Waals surface area contributed by atoms with Gasteiger partial charge in [-0.25, -0.2) is 0 Å². The number of aromatic nitrogens is 2. The summed E-state index contributed by atoms with van der Waals surface area (Å²) in [7, 11) is 0. The van der Waals surface area contributed by atoms with Gasteiger partial charge in [-0.05, 0) is 24.3 Å². The summed E-state index contributed by atoms with van der Waals surface area (Å²) in [5.74, 6) is 1.21. The highest BCUT2D eigenvalue weighted by Crippen LogP contribution is 2.18. The largest absolute Gasteiger partial charge is 0.339 e. The minimum absolute atomic E-state index is 0.581. The van der Waals surface area contributed by atoms with E-state index in [9.17, 15) is 0 Å². The monoisotopic (exact) mass is 238 g/mol. The SMILES string of the molecule is Cc1nc(-c2ccc(Br)cc2)no1. The summed E-state index contributed by atoms with van der Waals surface area (Å²) >= 11 is 3.36. The molecule has 0 unspecified atom stereocenters. The lowest BCUT2D eigenvalue weighted by atomic mass is 10.2. The normalized spacial score (nSPS) is 10.3. The molecule has 2 rings (SSSR count). The predicted octanol–water partition coefficient (Wildman–Crippen LogP) is 2.81. The maximum atomic E-state index is 4.88. The van der Waals surface area contributed by atoms with Crippen molar-refractivity contribution in [2.24, 2.45) is 0 Å². The van der Waals surface area contributed by atoms with Gasteiger partial charge in [-0.2, -0.15) is 4.98 Å². The molecule has 66 valence electrons. The number of aryl methyl sites for hydroxylation is 1. The van der Waals surface area contributed by atoms with E-state index in [1.807, 2.05) is 24.3 Å². The average Bonchev–Trinajstić information content (AvgIpc) is 2.53. The van der Waals surface area contributed by atoms with Gasteiger partial charge in [0.2, 0.25) is 11.7 Å². The van der Waals surface area contributed by atoms with E-state index in [-0.39, 0.29) is 0 Å². The molecule has 4 heteroatoms. The molecule has 0 amide bonds. The minimum Gasteiger partial charge on any atom is -0.339 e. The van der Waals surface area contributed by atoms with Crippen molar-refractivity contribution in [2.75, 3.05) is 0 Å². The van der Waals surface area contributed by atoms with Gasteiger partial charge >= 0.3 is 0 Å². The summed E-state index contributed by atoms with van der Waals surface area (Å²) in [6, 6.07) is 7.77. The Balaban J connectivity index is 2.41. The van der Waals surface area contributed by atoms with Crippen LogP contribution in [0.15, 0.2) is 33.3 Å². The van der Waals surface area contributed by atoms with Crippen LogP contribution >= 0.6 is 15.9 Å². The molecule has 0 bridgehead atoms. The van der Waals surface area contributed by atoms with Crippen molar-refractivity contribution >= 4 is 15.9 Å². The third kappa shape index (κ3) is 1.78. The molecule has 3 nitrogen and oxygen atoms in total. The lowest BCUT2D eigenvalue weighted by Crippen LogP contribution is -1.79. The Hall–Kier alpha value is -1.16. The van der Waals surface area contributed by atoms with Crippen molar-refractivity contribution in [2.45, 2.75) is 6.92 Å². The summed E-state index contributed by atoms with van der Waals surface area (Å²) < 4.78 is 5.91. The van der Waals surface area contributed by atoms with E-state index < -0.39 is 0 Å². The highest BCUT2D eigenvalue weighted by molar-refractivity contribution is 9.10. The number of hydrogen-bond donors (Lipinski definition) is 0. The van der Waals surface area contributed by atoms with Crippen LogP contribution in [-0.2, 0) is 0 Å². The number of nitrogens with zero attached hydrogens (tertiary/aromatic N) is 2. The molecular weight excluding hydrogens is 232 g/mol. The zero-order valence-electron chi connectivity index (χ0n) is 6.99. The van der Waals surface area contributed by atoms with E-state index in [0.717, 1.165) is 10.0 Å². The molecule has 0 aliphatic rings. The smallest absolute Gasteiger partial charge is 0.223 e. The Bertz CT molecular complexity index is 408. The Morgan fingerprint density at radius 2 is 1.92 bits per heavy atom. The molecule has 1 heterocycles. The molecule has 0 atom stereocenters. The molecule has 0 aliphatic carbocycles. The topological polar surface area (TPSA) is 38.9 Å². The van der Waals surface area contributed by atoms with Crippen LogP contribution in [0.5, 0.6) is 0 Å². The lowest BCUT2D eigenvalue weighted by Gasteiger charge is -1.92. The van der Waals surface area contributed by atoms with Crippen molar-refractivity contribution in [3.63, 3.8) is 0 Å². The number of rotatable bonds is 1. The molecule has 0 N–H and O–H groups in total. The zero-order valence-corrected chi connectivity index (χ0v) is 8.58. The number of hydrogen-bond acceptors (Lipinski definition) is 3. The van der Waals surface area contributed by atoms with Crippen molar-refractivity contribution < 1.29 is 4.52 Å². The number of halogens is 1. The molecule has 0 fully saturated rings. The Morgan fingerprint density at radius 3 is 2.46 bits per heavy atom. The zero-order chi connectivity index (χ0) is 9.26. The maximum absolute atomic E-state index is 4.88. The van der Waals surface area contributed by atoms with Gasteiger partial charge in [0.1, 0.15) is 0 Å². The predicted molar refractivity (Wildman–Crippen MR) is 52.2 cm³/mol. The first-order valence-corrected chi connectivity index (χ1v) is 4.61. The molecular formula is C9H7BrN2O. The molecule has 1 aromatic carbocycles. The fourth-order valence-electron chi connectivity index (χ4n) is 1.02. The highest BCUT2D eigenvalue weighted by atomic mass is 79.9. The van der Waals surface area contributed by atoms with Gasteiger partial charge in [0.05, 0.1) is 0 Å². The summed E-state index contributed by atoms with van der Waals surface area (Å²) in [5.41, 5.74) is 0.958. The Kier molecular flexibility index (Phi) is 2.14. The van der Waals surface area contributed by atoms with Gasteiger partial charge < -0.3 is 4.52 Å². The third-order valence-corrected chi connectivity index (χ3v) is 2.16. The summed E-state index contributed by atoms with van der Waals surface area (Å²) in [4.78, 5) is 4.12. The fraction of sp³-hybridized carbons (Fsp3) is 0.111. The standard InChI is InChI=1S/C9H7BrN2O/c1-6-11-9(12-13-6)7-2-4-8(10)5-3-7/h2-5H,1H3. The molecule has 2 aromatic rings. The second-order valence-corrected chi connectivity index (χ2v) is 3.56. The summed E-state index contributed by atoms with van der Waals surface area (Å²) in [5, 5.41) is 3.81. The first-order valence-electron chi connectivity index (χ1n) is 3.82. The highest BCUT2D eigenvalue weighted by Gasteiger charge is 2.03. The van der Waals surface area contributed by atoms with E-state index in [1.54, 1.807) is 6.92 Å². The average molecular weight is 239 g/mol. The fourth-order valence-corrected chi connectivity index (χ4v) is 1.28. The Labute approximate surface area is 83.9 Å². The molecule has 0 spiro atoms. The third-order valence-electron chi connectivity index (χ3n) is 1.63.